The molecule has 4 rings (SSSR count). The van der Waals surface area contributed by atoms with Crippen LogP contribution in [0.1, 0.15) is 42.7 Å². The molecule has 0 heterocycles. The van der Waals surface area contributed by atoms with E-state index in [4.69, 9.17) is 9.84 Å². The van der Waals surface area contributed by atoms with Gasteiger partial charge in [-0.3, -0.25) is 4.79 Å². The molecule has 2 aliphatic carbocycles. The number of nitrogens with one attached hydrogen (secondary N) is 1. The summed E-state index contributed by atoms with van der Waals surface area (Å²) in [6, 6.07) is 16.5. The van der Waals surface area contributed by atoms with Crippen LogP contribution in [0.25, 0.3) is 11.1 Å². The zero-order chi connectivity index (χ0) is 19.5. The van der Waals surface area contributed by atoms with Gasteiger partial charge in [0, 0.05) is 42.0 Å². The maximum Gasteiger partial charge on any atom is 0.407 e. The second kappa shape index (κ2) is 9.79. The Morgan fingerprint density at radius 1 is 0.931 bits per heavy atom. The molecule has 29 heavy (non-hydrogen) atoms. The minimum atomic E-state index is -0.706. The summed E-state index contributed by atoms with van der Waals surface area (Å²) in [4.78, 5) is 23.2. The van der Waals surface area contributed by atoms with Gasteiger partial charge in [0.1, 0.15) is 6.61 Å². The molecule has 0 bridgehead atoms. The summed E-state index contributed by atoms with van der Waals surface area (Å²) in [5, 5.41) is 11.9. The fourth-order valence-corrected chi connectivity index (χ4v) is 4.49. The Bertz CT molecular complexity index is 831. The second-order valence-electron chi connectivity index (χ2n) is 7.76. The van der Waals surface area contributed by atoms with E-state index in [9.17, 15) is 9.59 Å². The maximum absolute atomic E-state index is 12.2. The summed E-state index contributed by atoms with van der Waals surface area (Å²) >= 11 is 0. The second-order valence-corrected chi connectivity index (χ2v) is 7.76. The predicted octanol–water partition coefficient (Wildman–Crippen LogP) is 4.04. The van der Waals surface area contributed by atoms with Gasteiger partial charge < -0.3 is 15.2 Å². The van der Waals surface area contributed by atoms with E-state index in [1.165, 1.54) is 22.3 Å². The number of ether oxygens (including phenoxy) is 1. The standard InChI is InChI=1S/C23H25NO4.Na/c25-22(26)16-11-9-15(10-12-16)13-24-23(27)28-14-21-19-7-3-1-5-17(19)18-6-2-4-8-20(18)21;/h1-8,15-16,21H,9-14H2,(H,24,27)(H,25,26);. The van der Waals surface area contributed by atoms with Crippen LogP contribution in [0.5, 0.6) is 0 Å². The fourth-order valence-electron chi connectivity index (χ4n) is 4.49. The number of carbonyl (C=O) groups excluding carboxylic acids is 1. The number of rotatable bonds is 5. The Balaban J connectivity index is 0.00000240. The number of hydrogen-bond acceptors (Lipinski definition) is 3. The number of carbonyl (C=O) groups is 2. The first-order valence-electron chi connectivity index (χ1n) is 9.95. The molecule has 0 atom stereocenters. The molecule has 5 nitrogen and oxygen atoms in total. The van der Waals surface area contributed by atoms with Crippen molar-refractivity contribution in [2.24, 2.45) is 11.8 Å². The van der Waals surface area contributed by atoms with Gasteiger partial charge in [-0.2, -0.15) is 0 Å². The summed E-state index contributed by atoms with van der Waals surface area (Å²) in [6.45, 7) is 0.856. The molecule has 1 saturated carbocycles. The van der Waals surface area contributed by atoms with Crippen molar-refractivity contribution in [3.63, 3.8) is 0 Å². The normalized spacial score (nSPS) is 20.1. The third-order valence-corrected chi connectivity index (χ3v) is 6.07. The Kier molecular flexibility index (Phi) is 7.38. The summed E-state index contributed by atoms with van der Waals surface area (Å²) in [6.07, 6.45) is 2.64. The number of alkyl carbamates (subject to hydrolysis) is 1. The molecule has 147 valence electrons. The van der Waals surface area contributed by atoms with Gasteiger partial charge in [-0.15, -0.1) is 0 Å². The first-order chi connectivity index (χ1) is 13.6. The van der Waals surface area contributed by atoms with E-state index >= 15 is 0 Å². The van der Waals surface area contributed by atoms with E-state index in [1.807, 2.05) is 24.3 Å². The quantitative estimate of drug-likeness (QED) is 0.741. The van der Waals surface area contributed by atoms with E-state index < -0.39 is 12.1 Å². The van der Waals surface area contributed by atoms with Crippen LogP contribution in [-0.2, 0) is 9.53 Å². The summed E-state index contributed by atoms with van der Waals surface area (Å²) in [5.41, 5.74) is 4.82. The first kappa shape index (κ1) is 21.9. The van der Waals surface area contributed by atoms with Crippen molar-refractivity contribution in [1.82, 2.24) is 5.32 Å². The van der Waals surface area contributed by atoms with E-state index in [0.717, 1.165) is 12.8 Å². The Morgan fingerprint density at radius 3 is 2.03 bits per heavy atom. The predicted molar refractivity (Wildman–Crippen MR) is 112 cm³/mol. The minimum absolute atomic E-state index is 0. The van der Waals surface area contributed by atoms with Crippen LogP contribution in [0.3, 0.4) is 0 Å². The molecule has 2 aromatic rings. The molecule has 0 aliphatic heterocycles. The third-order valence-electron chi connectivity index (χ3n) is 6.07. The van der Waals surface area contributed by atoms with Crippen LogP contribution in [0.2, 0.25) is 0 Å². The van der Waals surface area contributed by atoms with Gasteiger partial charge in [0.15, 0.2) is 0 Å². The summed E-state index contributed by atoms with van der Waals surface area (Å²) < 4.78 is 5.55. The molecule has 2 N–H and O–H groups in total. The molecule has 1 amide bonds. The van der Waals surface area contributed by atoms with Crippen LogP contribution in [0.4, 0.5) is 4.79 Å². The van der Waals surface area contributed by atoms with Gasteiger partial charge in [0.25, 0.3) is 0 Å². The number of fused-ring (bicyclic) bond motifs is 3. The molecule has 0 saturated heterocycles. The number of carboxylic acids is 1. The molecule has 0 unspecified atom stereocenters. The van der Waals surface area contributed by atoms with Crippen molar-refractivity contribution in [3.8, 4) is 11.1 Å². The Hall–Kier alpha value is -1.82. The average molecular weight is 402 g/mol. The van der Waals surface area contributed by atoms with Gasteiger partial charge >= 0.3 is 12.1 Å². The molecule has 1 radical (unpaired) electrons. The Labute approximate surface area is 193 Å². The SMILES string of the molecule is O=C(NCC1CCC(C(=O)O)CC1)OCC1c2ccccc2-c2ccccc21.[Na]. The first-order valence-corrected chi connectivity index (χ1v) is 9.95. The topological polar surface area (TPSA) is 75.6 Å². The van der Waals surface area contributed by atoms with Gasteiger partial charge in [0.2, 0.25) is 0 Å². The molecule has 2 aliphatic rings. The van der Waals surface area contributed by atoms with Gasteiger partial charge in [0.05, 0.1) is 5.92 Å². The number of amides is 1. The maximum atomic E-state index is 12.2. The van der Waals surface area contributed by atoms with Gasteiger partial charge in [-0.05, 0) is 53.9 Å². The molecular formula is C23H25NNaO4. The van der Waals surface area contributed by atoms with Crippen LogP contribution in [0, 0.1) is 11.8 Å². The van der Waals surface area contributed by atoms with Crippen LogP contribution >= 0.6 is 0 Å². The van der Waals surface area contributed by atoms with Crippen molar-refractivity contribution in [1.29, 1.82) is 0 Å². The van der Waals surface area contributed by atoms with E-state index in [0.29, 0.717) is 31.9 Å². The van der Waals surface area contributed by atoms with Crippen molar-refractivity contribution in [2.75, 3.05) is 13.2 Å². The van der Waals surface area contributed by atoms with E-state index in [2.05, 4.69) is 29.6 Å². The molecule has 0 spiro atoms. The van der Waals surface area contributed by atoms with Crippen molar-refractivity contribution >= 4 is 41.6 Å². The van der Waals surface area contributed by atoms with Crippen molar-refractivity contribution in [3.05, 3.63) is 59.7 Å². The smallest absolute Gasteiger partial charge is 0.407 e. The number of benzene rings is 2. The van der Waals surface area contributed by atoms with E-state index in [1.54, 1.807) is 0 Å². The zero-order valence-corrected chi connectivity index (χ0v) is 18.8. The molecule has 2 aromatic carbocycles. The van der Waals surface area contributed by atoms with Crippen LogP contribution < -0.4 is 5.32 Å². The largest absolute Gasteiger partial charge is 0.481 e. The zero-order valence-electron chi connectivity index (χ0n) is 16.8. The van der Waals surface area contributed by atoms with Gasteiger partial charge in [-0.25, -0.2) is 4.79 Å². The molecule has 1 fully saturated rings. The fraction of sp³-hybridized carbons (Fsp3) is 0.391. The molecular weight excluding hydrogens is 377 g/mol. The Morgan fingerprint density at radius 2 is 1.48 bits per heavy atom. The summed E-state index contributed by atoms with van der Waals surface area (Å²) in [7, 11) is 0. The van der Waals surface area contributed by atoms with Gasteiger partial charge in [-0.1, -0.05) is 48.5 Å². The van der Waals surface area contributed by atoms with Crippen LogP contribution in [0.15, 0.2) is 48.5 Å². The molecule has 6 heteroatoms. The molecule has 0 aromatic heterocycles. The monoisotopic (exact) mass is 402 g/mol. The number of carboxylic acid groups (broad SMARTS) is 1. The number of hydrogen-bond donors (Lipinski definition) is 2. The van der Waals surface area contributed by atoms with Crippen molar-refractivity contribution in [2.45, 2.75) is 31.6 Å². The summed E-state index contributed by atoms with van der Waals surface area (Å²) in [5.74, 6) is -0.547. The third kappa shape index (κ3) is 4.85. The minimum Gasteiger partial charge on any atom is -0.481 e. The van der Waals surface area contributed by atoms with E-state index in [-0.39, 0.29) is 41.4 Å². The number of aliphatic carboxylic acids is 1. The van der Waals surface area contributed by atoms with Crippen LogP contribution in [-0.4, -0.2) is 59.9 Å². The average Bonchev–Trinajstić information content (AvgIpc) is 3.05. The van der Waals surface area contributed by atoms with Crippen molar-refractivity contribution < 1.29 is 19.4 Å².